The number of imidazole rings is 1. The monoisotopic (exact) mass is 292 g/mol. The van der Waals surface area contributed by atoms with Gasteiger partial charge in [0.1, 0.15) is 5.82 Å². The van der Waals surface area contributed by atoms with Crippen LogP contribution in [0.25, 0.3) is 0 Å². The van der Waals surface area contributed by atoms with Crippen LogP contribution in [0, 0.1) is 11.8 Å². The van der Waals surface area contributed by atoms with Gasteiger partial charge in [-0.3, -0.25) is 4.79 Å². The van der Waals surface area contributed by atoms with Crippen molar-refractivity contribution in [3.05, 3.63) is 18.2 Å². The van der Waals surface area contributed by atoms with Crippen LogP contribution < -0.4 is 5.73 Å². The van der Waals surface area contributed by atoms with E-state index in [1.165, 1.54) is 0 Å². The Morgan fingerprint density at radius 3 is 2.95 bits per heavy atom. The number of hydrogen-bond donors (Lipinski definition) is 1. The van der Waals surface area contributed by atoms with Gasteiger partial charge in [0.05, 0.1) is 6.04 Å². The largest absolute Gasteiger partial charge is 0.341 e. The van der Waals surface area contributed by atoms with E-state index in [1.54, 1.807) is 0 Å². The maximum atomic E-state index is 12.5. The Balaban J connectivity index is 1.94. The van der Waals surface area contributed by atoms with E-state index in [4.69, 9.17) is 5.73 Å². The van der Waals surface area contributed by atoms with Crippen molar-refractivity contribution in [2.45, 2.75) is 45.6 Å². The van der Waals surface area contributed by atoms with E-state index in [0.29, 0.717) is 5.92 Å². The van der Waals surface area contributed by atoms with Gasteiger partial charge < -0.3 is 15.2 Å². The van der Waals surface area contributed by atoms with Crippen LogP contribution in [0.3, 0.4) is 0 Å². The van der Waals surface area contributed by atoms with Gasteiger partial charge in [-0.25, -0.2) is 4.98 Å². The summed E-state index contributed by atoms with van der Waals surface area (Å²) in [6.45, 7) is 5.80. The molecule has 5 nitrogen and oxygen atoms in total. The van der Waals surface area contributed by atoms with Crippen molar-refractivity contribution in [1.82, 2.24) is 14.5 Å². The third-order valence-electron chi connectivity index (χ3n) is 4.77. The highest BCUT2D eigenvalue weighted by molar-refractivity contribution is 5.82. The average Bonchev–Trinajstić information content (AvgIpc) is 2.90. The molecular weight excluding hydrogens is 264 g/mol. The predicted molar refractivity (Wildman–Crippen MR) is 83.6 cm³/mol. The second-order valence-corrected chi connectivity index (χ2v) is 6.36. The van der Waals surface area contributed by atoms with Gasteiger partial charge in [0.2, 0.25) is 5.91 Å². The minimum atomic E-state index is -0.359. The number of nitrogens with two attached hydrogens (primary N) is 1. The highest BCUT2D eigenvalue weighted by Crippen LogP contribution is 2.21. The Kier molecular flexibility index (Phi) is 5.39. The van der Waals surface area contributed by atoms with Crippen molar-refractivity contribution in [1.29, 1.82) is 0 Å². The molecule has 0 bridgehead atoms. The Morgan fingerprint density at radius 1 is 1.57 bits per heavy atom. The van der Waals surface area contributed by atoms with E-state index in [-0.39, 0.29) is 17.9 Å². The molecule has 0 aromatic carbocycles. The Hall–Kier alpha value is -1.36. The molecule has 1 fully saturated rings. The highest BCUT2D eigenvalue weighted by atomic mass is 16.2. The van der Waals surface area contributed by atoms with Gasteiger partial charge in [-0.15, -0.1) is 0 Å². The molecule has 0 spiro atoms. The molecule has 1 aliphatic heterocycles. The molecule has 1 saturated heterocycles. The second-order valence-electron chi connectivity index (χ2n) is 6.36. The Morgan fingerprint density at radius 2 is 2.33 bits per heavy atom. The van der Waals surface area contributed by atoms with E-state index in [0.717, 1.165) is 44.6 Å². The summed E-state index contributed by atoms with van der Waals surface area (Å²) in [4.78, 5) is 18.9. The highest BCUT2D eigenvalue weighted by Gasteiger charge is 2.29. The fourth-order valence-corrected chi connectivity index (χ4v) is 2.99. The van der Waals surface area contributed by atoms with Crippen LogP contribution in [0.4, 0.5) is 0 Å². The number of nitrogens with zero attached hydrogens (tertiary/aromatic N) is 3. The number of aromatic nitrogens is 2. The fourth-order valence-electron chi connectivity index (χ4n) is 2.99. The second kappa shape index (κ2) is 7.07. The third-order valence-corrected chi connectivity index (χ3v) is 4.77. The van der Waals surface area contributed by atoms with Crippen molar-refractivity contribution in [2.24, 2.45) is 24.6 Å². The smallest absolute Gasteiger partial charge is 0.239 e. The van der Waals surface area contributed by atoms with Crippen molar-refractivity contribution in [3.63, 3.8) is 0 Å². The number of hydrogen-bond acceptors (Lipinski definition) is 3. The summed E-state index contributed by atoms with van der Waals surface area (Å²) in [5, 5.41) is 0. The lowest BCUT2D eigenvalue weighted by atomic mass is 9.92. The summed E-state index contributed by atoms with van der Waals surface area (Å²) in [5.74, 6) is 1.95. The van der Waals surface area contributed by atoms with E-state index >= 15 is 0 Å². The van der Waals surface area contributed by atoms with Crippen LogP contribution in [0.2, 0.25) is 0 Å². The molecule has 1 aliphatic rings. The quantitative estimate of drug-likeness (QED) is 0.896. The molecule has 3 unspecified atom stereocenters. The van der Waals surface area contributed by atoms with Gasteiger partial charge in [0.15, 0.2) is 0 Å². The van der Waals surface area contributed by atoms with Crippen molar-refractivity contribution < 1.29 is 4.79 Å². The summed E-state index contributed by atoms with van der Waals surface area (Å²) < 4.78 is 2.06. The van der Waals surface area contributed by atoms with Crippen molar-refractivity contribution in [3.8, 4) is 0 Å². The third kappa shape index (κ3) is 3.84. The van der Waals surface area contributed by atoms with Gasteiger partial charge in [-0.05, 0) is 24.7 Å². The molecule has 1 aromatic heterocycles. The first-order valence-corrected chi connectivity index (χ1v) is 8.03. The fraction of sp³-hybridized carbons (Fsp3) is 0.750. The average molecular weight is 292 g/mol. The maximum absolute atomic E-state index is 12.5. The number of carbonyl (C=O) groups excluding carboxylic acids is 1. The minimum absolute atomic E-state index is 0.119. The molecule has 118 valence electrons. The molecule has 1 amide bonds. The molecule has 0 aliphatic carbocycles. The zero-order chi connectivity index (χ0) is 15.4. The molecule has 2 heterocycles. The SMILES string of the molecule is CCC(C)C(N)C(=O)N1CCCC(Cc2nccn2C)C1. The lowest BCUT2D eigenvalue weighted by molar-refractivity contribution is -0.135. The summed E-state index contributed by atoms with van der Waals surface area (Å²) in [5.41, 5.74) is 6.10. The number of piperidine rings is 1. The molecule has 5 heteroatoms. The first-order chi connectivity index (χ1) is 10.0. The van der Waals surface area contributed by atoms with Crippen LogP contribution in [0.5, 0.6) is 0 Å². The molecule has 21 heavy (non-hydrogen) atoms. The van der Waals surface area contributed by atoms with Crippen molar-refractivity contribution in [2.75, 3.05) is 13.1 Å². The normalized spacial score (nSPS) is 22.1. The molecule has 2 rings (SSSR count). The standard InChI is InChI=1S/C16H28N4O/c1-4-12(2)15(17)16(21)20-8-5-6-13(11-20)10-14-18-7-9-19(14)3/h7,9,12-13,15H,4-6,8,10-11,17H2,1-3H3. The molecule has 3 atom stereocenters. The van der Waals surface area contributed by atoms with Crippen LogP contribution in [0.15, 0.2) is 12.4 Å². The van der Waals surface area contributed by atoms with Gasteiger partial charge in [0, 0.05) is 39.0 Å². The number of amides is 1. The van der Waals surface area contributed by atoms with Crippen LogP contribution >= 0.6 is 0 Å². The van der Waals surface area contributed by atoms with Crippen molar-refractivity contribution >= 4 is 5.91 Å². The Labute approximate surface area is 127 Å². The molecule has 2 N–H and O–H groups in total. The molecule has 1 aromatic rings. The van der Waals surface area contributed by atoms with Gasteiger partial charge in [0.25, 0.3) is 0 Å². The van der Waals surface area contributed by atoms with Gasteiger partial charge >= 0.3 is 0 Å². The number of likely N-dealkylation sites (tertiary alicyclic amines) is 1. The summed E-state index contributed by atoms with van der Waals surface area (Å²) in [7, 11) is 2.02. The number of aryl methyl sites for hydroxylation is 1. The van der Waals surface area contributed by atoms with E-state index in [2.05, 4.69) is 23.4 Å². The van der Waals surface area contributed by atoms with Gasteiger partial charge in [-0.2, -0.15) is 0 Å². The van der Waals surface area contributed by atoms with Crippen LogP contribution in [0.1, 0.15) is 38.9 Å². The lowest BCUT2D eigenvalue weighted by Gasteiger charge is -2.35. The van der Waals surface area contributed by atoms with Crippen LogP contribution in [-0.4, -0.2) is 39.5 Å². The number of carbonyl (C=O) groups is 1. The topological polar surface area (TPSA) is 64.2 Å². The van der Waals surface area contributed by atoms with E-state index in [1.807, 2.05) is 24.3 Å². The van der Waals surface area contributed by atoms with E-state index < -0.39 is 0 Å². The maximum Gasteiger partial charge on any atom is 0.239 e. The van der Waals surface area contributed by atoms with Gasteiger partial charge in [-0.1, -0.05) is 20.3 Å². The summed E-state index contributed by atoms with van der Waals surface area (Å²) in [6, 6.07) is -0.359. The summed E-state index contributed by atoms with van der Waals surface area (Å²) >= 11 is 0. The Bertz CT molecular complexity index is 471. The molecule has 0 radical (unpaired) electrons. The first-order valence-electron chi connectivity index (χ1n) is 8.03. The molecular formula is C16H28N4O. The lowest BCUT2D eigenvalue weighted by Crippen LogP contribution is -2.50. The predicted octanol–water partition coefficient (Wildman–Crippen LogP) is 1.57. The number of rotatable bonds is 5. The van der Waals surface area contributed by atoms with Crippen LogP contribution in [-0.2, 0) is 18.3 Å². The molecule has 0 saturated carbocycles. The zero-order valence-electron chi connectivity index (χ0n) is 13.5. The van der Waals surface area contributed by atoms with E-state index in [9.17, 15) is 4.79 Å². The summed E-state index contributed by atoms with van der Waals surface area (Å²) in [6.07, 6.45) is 7.91. The zero-order valence-corrected chi connectivity index (χ0v) is 13.5. The minimum Gasteiger partial charge on any atom is -0.341 e. The first kappa shape index (κ1) is 16.0.